The first-order valence-corrected chi connectivity index (χ1v) is 11.8. The summed E-state index contributed by atoms with van der Waals surface area (Å²) in [6.07, 6.45) is 1.71. The second kappa shape index (κ2) is 10.1. The standard InChI is InChI=1S/C21H17N2OP.CHCl3/c24-25(17-9-3-1-4-10-17,18-11-5-2-6-12-18)21-14-8-7-13-19(21)20-15-16-22-23-20;2-1(3)4/h1-16H,(H,22,23);1H. The Balaban J connectivity index is 0.000000552. The van der Waals surface area contributed by atoms with E-state index in [0.29, 0.717) is 0 Å². The Morgan fingerprint density at radius 2 is 1.21 bits per heavy atom. The molecule has 0 unspecified atom stereocenters. The van der Waals surface area contributed by atoms with Crippen molar-refractivity contribution in [2.24, 2.45) is 0 Å². The fourth-order valence-electron chi connectivity index (χ4n) is 3.08. The highest BCUT2D eigenvalue weighted by Crippen LogP contribution is 2.44. The van der Waals surface area contributed by atoms with E-state index in [2.05, 4.69) is 10.2 Å². The second-order valence-corrected chi connectivity index (χ2v) is 10.7. The van der Waals surface area contributed by atoms with Crippen LogP contribution in [0.3, 0.4) is 0 Å². The lowest BCUT2D eigenvalue weighted by molar-refractivity contribution is 0.592. The minimum absolute atomic E-state index is 0.750. The fraction of sp³-hybridized carbons (Fsp3) is 0.0455. The van der Waals surface area contributed by atoms with Gasteiger partial charge in [-0.2, -0.15) is 5.10 Å². The maximum Gasteiger partial charge on any atom is 0.180 e. The zero-order chi connectivity index (χ0) is 20.7. The molecular weight excluding hydrogens is 446 g/mol. The van der Waals surface area contributed by atoms with Crippen molar-refractivity contribution in [1.29, 1.82) is 0 Å². The average Bonchev–Trinajstić information content (AvgIpc) is 3.29. The van der Waals surface area contributed by atoms with Gasteiger partial charge in [-0.3, -0.25) is 5.10 Å². The van der Waals surface area contributed by atoms with Crippen molar-refractivity contribution in [2.45, 2.75) is 4.30 Å². The molecule has 0 spiro atoms. The van der Waals surface area contributed by atoms with Crippen molar-refractivity contribution in [3.05, 3.63) is 97.2 Å². The van der Waals surface area contributed by atoms with Crippen molar-refractivity contribution >= 4 is 57.9 Å². The highest BCUT2D eigenvalue weighted by atomic mass is 35.6. The summed E-state index contributed by atoms with van der Waals surface area (Å²) in [6, 6.07) is 29.1. The van der Waals surface area contributed by atoms with Crippen LogP contribution in [0.1, 0.15) is 0 Å². The van der Waals surface area contributed by atoms with Crippen LogP contribution in [0.5, 0.6) is 0 Å². The van der Waals surface area contributed by atoms with E-state index in [0.717, 1.165) is 27.2 Å². The van der Waals surface area contributed by atoms with E-state index in [9.17, 15) is 4.57 Å². The number of halogens is 3. The predicted molar refractivity (Wildman–Crippen MR) is 125 cm³/mol. The molecule has 3 aromatic carbocycles. The fourth-order valence-corrected chi connectivity index (χ4v) is 5.95. The van der Waals surface area contributed by atoms with E-state index in [-0.39, 0.29) is 0 Å². The molecule has 29 heavy (non-hydrogen) atoms. The van der Waals surface area contributed by atoms with Gasteiger partial charge in [-0.25, -0.2) is 0 Å². The summed E-state index contributed by atoms with van der Waals surface area (Å²) < 4.78 is 13.7. The van der Waals surface area contributed by atoms with Gasteiger partial charge in [0.2, 0.25) is 0 Å². The molecule has 0 aliphatic carbocycles. The lowest BCUT2D eigenvalue weighted by Gasteiger charge is -2.22. The number of benzene rings is 3. The van der Waals surface area contributed by atoms with E-state index >= 15 is 0 Å². The molecule has 0 radical (unpaired) electrons. The molecule has 1 aromatic heterocycles. The molecule has 0 amide bonds. The highest BCUT2D eigenvalue weighted by molar-refractivity contribution is 7.85. The summed E-state index contributed by atoms with van der Waals surface area (Å²) >= 11 is 14.4. The number of H-pyrrole nitrogens is 1. The van der Waals surface area contributed by atoms with Crippen molar-refractivity contribution < 1.29 is 4.57 Å². The number of aromatic nitrogens is 2. The van der Waals surface area contributed by atoms with E-state index in [1.54, 1.807) is 6.20 Å². The van der Waals surface area contributed by atoms with Gasteiger partial charge in [-0.1, -0.05) is 120 Å². The van der Waals surface area contributed by atoms with Crippen LogP contribution in [0.4, 0.5) is 0 Å². The van der Waals surface area contributed by atoms with Gasteiger partial charge in [0.25, 0.3) is 0 Å². The molecule has 4 aromatic rings. The molecule has 0 bridgehead atoms. The molecule has 0 saturated heterocycles. The monoisotopic (exact) mass is 462 g/mol. The maximum atomic E-state index is 14.5. The van der Waals surface area contributed by atoms with E-state index in [4.69, 9.17) is 34.8 Å². The number of nitrogens with zero attached hydrogens (tertiary/aromatic N) is 1. The molecule has 0 atom stereocenters. The van der Waals surface area contributed by atoms with Crippen LogP contribution >= 0.6 is 41.9 Å². The molecule has 0 saturated carbocycles. The first-order chi connectivity index (χ1) is 14.0. The number of nitrogens with one attached hydrogen (secondary N) is 1. The van der Waals surface area contributed by atoms with E-state index < -0.39 is 11.4 Å². The summed E-state index contributed by atoms with van der Waals surface area (Å²) in [6.45, 7) is 0. The zero-order valence-corrected chi connectivity index (χ0v) is 18.4. The number of aromatic amines is 1. The van der Waals surface area contributed by atoms with Gasteiger partial charge >= 0.3 is 0 Å². The minimum atomic E-state index is -3.00. The van der Waals surface area contributed by atoms with Gasteiger partial charge < -0.3 is 4.57 Å². The van der Waals surface area contributed by atoms with Crippen LogP contribution in [0.2, 0.25) is 0 Å². The Bertz CT molecular complexity index is 1030. The molecule has 0 aliphatic heterocycles. The van der Waals surface area contributed by atoms with Gasteiger partial charge in [0.1, 0.15) is 0 Å². The average molecular weight is 464 g/mol. The van der Waals surface area contributed by atoms with Crippen molar-refractivity contribution in [2.75, 3.05) is 0 Å². The third-order valence-corrected chi connectivity index (χ3v) is 7.39. The lowest BCUT2D eigenvalue weighted by Crippen LogP contribution is -2.26. The topological polar surface area (TPSA) is 45.8 Å². The largest absolute Gasteiger partial charge is 0.309 e. The van der Waals surface area contributed by atoms with Gasteiger partial charge in [-0.15, -0.1) is 0 Å². The molecule has 7 heteroatoms. The van der Waals surface area contributed by atoms with E-state index in [1.807, 2.05) is 91.0 Å². The third kappa shape index (κ3) is 5.12. The number of hydrogen-bond donors (Lipinski definition) is 1. The molecular formula is C22H18Cl3N2OP. The molecule has 1 N–H and O–H groups in total. The summed E-state index contributed by atoms with van der Waals surface area (Å²) in [7, 11) is -3.00. The highest BCUT2D eigenvalue weighted by Gasteiger charge is 2.32. The molecule has 0 fully saturated rings. The lowest BCUT2D eigenvalue weighted by atomic mass is 10.1. The van der Waals surface area contributed by atoms with Crippen LogP contribution in [0.15, 0.2) is 97.2 Å². The Kier molecular flexibility index (Phi) is 7.57. The van der Waals surface area contributed by atoms with Crippen LogP contribution in [-0.4, -0.2) is 14.5 Å². The van der Waals surface area contributed by atoms with Crippen LogP contribution in [-0.2, 0) is 4.57 Å². The summed E-state index contributed by atoms with van der Waals surface area (Å²) in [5.41, 5.74) is 1.78. The van der Waals surface area contributed by atoms with E-state index in [1.165, 1.54) is 0 Å². The second-order valence-electron chi connectivity index (χ2n) is 6.02. The third-order valence-electron chi connectivity index (χ3n) is 4.27. The van der Waals surface area contributed by atoms with Crippen LogP contribution in [0, 0.1) is 0 Å². The Labute approximate surface area is 185 Å². The van der Waals surface area contributed by atoms with Gasteiger partial charge in [0.15, 0.2) is 11.4 Å². The van der Waals surface area contributed by atoms with Crippen LogP contribution in [0.25, 0.3) is 11.3 Å². The zero-order valence-electron chi connectivity index (χ0n) is 15.3. The normalized spacial score (nSPS) is 11.0. The first kappa shape index (κ1) is 21.7. The smallest absolute Gasteiger partial charge is 0.180 e. The molecule has 3 nitrogen and oxygen atoms in total. The van der Waals surface area contributed by atoms with Gasteiger partial charge in [-0.05, 0) is 6.07 Å². The molecule has 0 aliphatic rings. The Morgan fingerprint density at radius 3 is 1.69 bits per heavy atom. The van der Waals surface area contributed by atoms with Crippen LogP contribution < -0.4 is 15.9 Å². The van der Waals surface area contributed by atoms with Gasteiger partial charge in [0.05, 0.1) is 5.69 Å². The molecule has 148 valence electrons. The molecule has 1 heterocycles. The van der Waals surface area contributed by atoms with Crippen molar-refractivity contribution in [3.8, 4) is 11.3 Å². The molecule has 4 rings (SSSR count). The van der Waals surface area contributed by atoms with Crippen molar-refractivity contribution in [1.82, 2.24) is 10.2 Å². The Hall–Kier alpha value is -2.03. The van der Waals surface area contributed by atoms with Gasteiger partial charge in [0, 0.05) is 27.7 Å². The minimum Gasteiger partial charge on any atom is -0.309 e. The summed E-state index contributed by atoms with van der Waals surface area (Å²) in [5, 5.41) is 9.52. The summed E-state index contributed by atoms with van der Waals surface area (Å²) in [5.74, 6) is 0. The number of hydrogen-bond acceptors (Lipinski definition) is 2. The SMILES string of the molecule is ClC(Cl)Cl.O=P(c1ccccc1)(c1ccccc1)c1ccccc1-c1ccn[nH]1. The predicted octanol–water partition coefficient (Wildman–Crippen LogP) is 5.70. The number of alkyl halides is 3. The Morgan fingerprint density at radius 1 is 0.724 bits per heavy atom. The maximum absolute atomic E-state index is 14.5. The first-order valence-electron chi connectivity index (χ1n) is 8.76. The quantitative estimate of drug-likeness (QED) is 0.312. The van der Waals surface area contributed by atoms with Crippen molar-refractivity contribution in [3.63, 3.8) is 0 Å². The summed E-state index contributed by atoms with van der Waals surface area (Å²) in [4.78, 5) is 0. The number of rotatable bonds is 4.